The summed E-state index contributed by atoms with van der Waals surface area (Å²) in [6.45, 7) is 3.32. The predicted molar refractivity (Wildman–Crippen MR) is 75.5 cm³/mol. The zero-order valence-corrected chi connectivity index (χ0v) is 12.2. The van der Waals surface area contributed by atoms with Gasteiger partial charge in [0.15, 0.2) is 0 Å². The quantitative estimate of drug-likeness (QED) is 0.858. The highest BCUT2D eigenvalue weighted by atomic mass is 32.2. The molecule has 106 valence electrons. The minimum absolute atomic E-state index is 0.220. The Morgan fingerprint density at radius 2 is 1.89 bits per heavy atom. The minimum Gasteiger partial charge on any atom is -0.303 e. The highest BCUT2D eigenvalue weighted by molar-refractivity contribution is 7.89. The molecule has 0 amide bonds. The van der Waals surface area contributed by atoms with Crippen molar-refractivity contribution in [3.63, 3.8) is 0 Å². The van der Waals surface area contributed by atoms with Gasteiger partial charge in [-0.25, -0.2) is 13.1 Å². The van der Waals surface area contributed by atoms with Crippen LogP contribution in [0.1, 0.15) is 0 Å². The lowest BCUT2D eigenvalue weighted by molar-refractivity contribution is 0.117. The molecule has 2 rings (SSSR count). The maximum Gasteiger partial charge on any atom is 0.240 e. The molecule has 0 spiro atoms. The van der Waals surface area contributed by atoms with E-state index in [0.717, 1.165) is 19.6 Å². The Hall–Kier alpha value is -0.950. The molecule has 1 aromatic carbocycles. The molecule has 1 aliphatic rings. The highest BCUT2D eigenvalue weighted by Crippen LogP contribution is 2.09. The number of nitrogens with one attached hydrogen (secondary N) is 1. The first-order chi connectivity index (χ1) is 8.99. The number of benzene rings is 1. The van der Waals surface area contributed by atoms with Crippen LogP contribution in [-0.2, 0) is 10.0 Å². The van der Waals surface area contributed by atoms with E-state index in [-0.39, 0.29) is 6.04 Å². The van der Waals surface area contributed by atoms with Gasteiger partial charge in [-0.3, -0.25) is 4.90 Å². The Labute approximate surface area is 115 Å². The fraction of sp³-hybridized carbons (Fsp3) is 0.538. The smallest absolute Gasteiger partial charge is 0.240 e. The van der Waals surface area contributed by atoms with Gasteiger partial charge in [0.25, 0.3) is 0 Å². The normalized spacial score (nSPS) is 22.5. The summed E-state index contributed by atoms with van der Waals surface area (Å²) in [5, 5.41) is 0. The molecule has 1 aromatic rings. The summed E-state index contributed by atoms with van der Waals surface area (Å²) in [6, 6.07) is 8.71. The van der Waals surface area contributed by atoms with Gasteiger partial charge in [-0.1, -0.05) is 18.2 Å². The lowest BCUT2D eigenvalue weighted by Gasteiger charge is -2.37. The average molecular weight is 283 g/mol. The van der Waals surface area contributed by atoms with Crippen molar-refractivity contribution in [2.24, 2.45) is 0 Å². The van der Waals surface area contributed by atoms with Crippen LogP contribution in [0.3, 0.4) is 0 Å². The van der Waals surface area contributed by atoms with Gasteiger partial charge < -0.3 is 4.90 Å². The summed E-state index contributed by atoms with van der Waals surface area (Å²) in [7, 11) is 0.702. The summed E-state index contributed by atoms with van der Waals surface area (Å²) in [6.07, 6.45) is 0. The van der Waals surface area contributed by atoms with Crippen molar-refractivity contribution in [1.82, 2.24) is 14.5 Å². The molecule has 0 bridgehead atoms. The third-order valence-electron chi connectivity index (χ3n) is 3.54. The Morgan fingerprint density at radius 1 is 1.21 bits per heavy atom. The third-order valence-corrected chi connectivity index (χ3v) is 4.98. The van der Waals surface area contributed by atoms with Crippen molar-refractivity contribution in [2.75, 3.05) is 40.3 Å². The fourth-order valence-corrected chi connectivity index (χ4v) is 3.30. The Balaban J connectivity index is 1.98. The van der Waals surface area contributed by atoms with Crippen molar-refractivity contribution < 1.29 is 8.42 Å². The van der Waals surface area contributed by atoms with Gasteiger partial charge >= 0.3 is 0 Å². The van der Waals surface area contributed by atoms with E-state index >= 15 is 0 Å². The van der Waals surface area contributed by atoms with Crippen LogP contribution in [0, 0.1) is 0 Å². The number of likely N-dealkylation sites (N-methyl/N-ethyl adjacent to an activating group) is 2. The highest BCUT2D eigenvalue weighted by Gasteiger charge is 2.24. The third kappa shape index (κ3) is 3.76. The summed E-state index contributed by atoms with van der Waals surface area (Å²) < 4.78 is 26.9. The average Bonchev–Trinajstić information content (AvgIpc) is 2.41. The maximum absolute atomic E-state index is 12.1. The van der Waals surface area contributed by atoms with E-state index in [2.05, 4.69) is 21.6 Å². The Bertz CT molecular complexity index is 504. The van der Waals surface area contributed by atoms with Gasteiger partial charge in [-0.2, -0.15) is 0 Å². The van der Waals surface area contributed by atoms with Gasteiger partial charge in [0.2, 0.25) is 10.0 Å². The molecule has 0 saturated carbocycles. The van der Waals surface area contributed by atoms with Crippen molar-refractivity contribution in [2.45, 2.75) is 10.9 Å². The first-order valence-corrected chi connectivity index (χ1v) is 7.91. The lowest BCUT2D eigenvalue weighted by Crippen LogP contribution is -2.54. The second kappa shape index (κ2) is 6.00. The molecule has 5 nitrogen and oxygen atoms in total. The van der Waals surface area contributed by atoms with Gasteiger partial charge in [0, 0.05) is 32.2 Å². The molecule has 1 aliphatic heterocycles. The summed E-state index contributed by atoms with van der Waals surface area (Å²) in [4.78, 5) is 4.75. The topological polar surface area (TPSA) is 52.6 Å². The second-order valence-electron chi connectivity index (χ2n) is 5.06. The van der Waals surface area contributed by atoms with Gasteiger partial charge in [0.05, 0.1) is 4.90 Å². The lowest BCUT2D eigenvalue weighted by atomic mass is 10.2. The first kappa shape index (κ1) is 14.5. The molecule has 19 heavy (non-hydrogen) atoms. The number of hydrogen-bond donors (Lipinski definition) is 1. The van der Waals surface area contributed by atoms with Crippen molar-refractivity contribution in [3.05, 3.63) is 30.3 Å². The maximum atomic E-state index is 12.1. The van der Waals surface area contributed by atoms with Crippen molar-refractivity contribution >= 4 is 10.0 Å². The van der Waals surface area contributed by atoms with Crippen LogP contribution in [0.25, 0.3) is 0 Å². The standard InChI is InChI=1S/C13H21N3O2S/c1-15-8-9-16(2)12(11-15)10-14-19(17,18)13-6-4-3-5-7-13/h3-7,12,14H,8-11H2,1-2H3. The van der Waals surface area contributed by atoms with E-state index in [0.29, 0.717) is 11.4 Å². The first-order valence-electron chi connectivity index (χ1n) is 6.42. The van der Waals surface area contributed by atoms with Gasteiger partial charge in [-0.15, -0.1) is 0 Å². The van der Waals surface area contributed by atoms with E-state index in [1.54, 1.807) is 24.3 Å². The van der Waals surface area contributed by atoms with E-state index in [4.69, 9.17) is 0 Å². The largest absolute Gasteiger partial charge is 0.303 e. The zero-order chi connectivity index (χ0) is 13.9. The Morgan fingerprint density at radius 3 is 2.58 bits per heavy atom. The Kier molecular flexibility index (Phi) is 4.57. The summed E-state index contributed by atoms with van der Waals surface area (Å²) in [5.74, 6) is 0. The van der Waals surface area contributed by atoms with E-state index in [9.17, 15) is 8.42 Å². The van der Waals surface area contributed by atoms with Gasteiger partial charge in [0.1, 0.15) is 0 Å². The van der Waals surface area contributed by atoms with Gasteiger partial charge in [-0.05, 0) is 26.2 Å². The molecule has 0 radical (unpaired) electrons. The fourth-order valence-electron chi connectivity index (χ4n) is 2.21. The minimum atomic E-state index is -3.40. The molecule has 0 aliphatic carbocycles. The molecular weight excluding hydrogens is 262 g/mol. The zero-order valence-electron chi connectivity index (χ0n) is 11.4. The van der Waals surface area contributed by atoms with Crippen molar-refractivity contribution in [1.29, 1.82) is 0 Å². The number of hydrogen-bond acceptors (Lipinski definition) is 4. The number of nitrogens with zero attached hydrogens (tertiary/aromatic N) is 2. The van der Waals surface area contributed by atoms with Crippen LogP contribution >= 0.6 is 0 Å². The molecule has 1 unspecified atom stereocenters. The second-order valence-corrected chi connectivity index (χ2v) is 6.83. The monoisotopic (exact) mass is 283 g/mol. The van der Waals surface area contributed by atoms with Crippen LogP contribution in [0.4, 0.5) is 0 Å². The molecule has 1 heterocycles. The van der Waals surface area contributed by atoms with Crippen molar-refractivity contribution in [3.8, 4) is 0 Å². The summed E-state index contributed by atoms with van der Waals surface area (Å²) in [5.41, 5.74) is 0. The van der Waals surface area contributed by atoms with Crippen LogP contribution in [-0.4, -0.2) is 64.5 Å². The molecule has 1 fully saturated rings. The SMILES string of the molecule is CN1CCN(C)C(CNS(=O)(=O)c2ccccc2)C1. The number of rotatable bonds is 4. The molecule has 1 N–H and O–H groups in total. The number of sulfonamides is 1. The van der Waals surface area contributed by atoms with Crippen LogP contribution in [0.2, 0.25) is 0 Å². The molecular formula is C13H21N3O2S. The molecule has 6 heteroatoms. The molecule has 1 saturated heterocycles. The van der Waals surface area contributed by atoms with Crippen LogP contribution in [0.5, 0.6) is 0 Å². The van der Waals surface area contributed by atoms with E-state index in [1.165, 1.54) is 0 Å². The van der Waals surface area contributed by atoms with E-state index in [1.807, 2.05) is 13.1 Å². The van der Waals surface area contributed by atoms with Crippen LogP contribution in [0.15, 0.2) is 35.2 Å². The predicted octanol–water partition coefficient (Wildman–Crippen LogP) is 0.211. The number of piperazine rings is 1. The van der Waals surface area contributed by atoms with Crippen LogP contribution < -0.4 is 4.72 Å². The molecule has 0 aromatic heterocycles. The molecule has 1 atom stereocenters. The van der Waals surface area contributed by atoms with E-state index < -0.39 is 10.0 Å². The summed E-state index contributed by atoms with van der Waals surface area (Å²) >= 11 is 0.